The summed E-state index contributed by atoms with van der Waals surface area (Å²) in [6.07, 6.45) is 0.286. The van der Waals surface area contributed by atoms with E-state index in [2.05, 4.69) is 5.92 Å². The second-order valence-electron chi connectivity index (χ2n) is 2.68. The summed E-state index contributed by atoms with van der Waals surface area (Å²) < 4.78 is 49.4. The van der Waals surface area contributed by atoms with Crippen molar-refractivity contribution in [3.8, 4) is 12.3 Å². The SMILES string of the molecule is C#CCc1cc(C(F)(F)F)ccc1F. The van der Waals surface area contributed by atoms with Crippen LogP contribution in [0.2, 0.25) is 0 Å². The quantitative estimate of drug-likeness (QED) is 0.485. The van der Waals surface area contributed by atoms with Crippen molar-refractivity contribution < 1.29 is 17.6 Å². The highest BCUT2D eigenvalue weighted by molar-refractivity contribution is 5.29. The van der Waals surface area contributed by atoms with Gasteiger partial charge in [0.25, 0.3) is 0 Å². The van der Waals surface area contributed by atoms with Gasteiger partial charge in [0.1, 0.15) is 5.82 Å². The summed E-state index contributed by atoms with van der Waals surface area (Å²) in [4.78, 5) is 0. The number of hydrogen-bond acceptors (Lipinski definition) is 0. The Hall–Kier alpha value is -1.50. The maximum Gasteiger partial charge on any atom is 0.416 e. The molecule has 4 heteroatoms. The highest BCUT2D eigenvalue weighted by atomic mass is 19.4. The van der Waals surface area contributed by atoms with Crippen LogP contribution >= 0.6 is 0 Å². The molecule has 0 heterocycles. The van der Waals surface area contributed by atoms with Gasteiger partial charge in [-0.25, -0.2) is 4.39 Å². The van der Waals surface area contributed by atoms with Crippen LogP contribution in [0.5, 0.6) is 0 Å². The standard InChI is InChI=1S/C10H6F4/c1-2-3-7-6-8(10(12,13)14)4-5-9(7)11/h1,4-6H,3H2. The number of benzene rings is 1. The molecule has 0 aliphatic carbocycles. The first kappa shape index (κ1) is 10.6. The zero-order chi connectivity index (χ0) is 10.8. The number of terminal acetylenes is 1. The van der Waals surface area contributed by atoms with Gasteiger partial charge in [0.05, 0.1) is 5.56 Å². The third-order valence-electron chi connectivity index (χ3n) is 1.67. The molecule has 0 atom stereocenters. The lowest BCUT2D eigenvalue weighted by Gasteiger charge is -2.08. The van der Waals surface area contributed by atoms with Crippen molar-refractivity contribution >= 4 is 0 Å². The number of hydrogen-bond donors (Lipinski definition) is 0. The topological polar surface area (TPSA) is 0 Å². The molecule has 74 valence electrons. The average molecular weight is 202 g/mol. The lowest BCUT2D eigenvalue weighted by molar-refractivity contribution is -0.137. The van der Waals surface area contributed by atoms with Crippen LogP contribution in [0.3, 0.4) is 0 Å². The molecule has 14 heavy (non-hydrogen) atoms. The summed E-state index contributed by atoms with van der Waals surface area (Å²) in [7, 11) is 0. The summed E-state index contributed by atoms with van der Waals surface area (Å²) in [5, 5.41) is 0. The van der Waals surface area contributed by atoms with Crippen LogP contribution in [0.4, 0.5) is 17.6 Å². The predicted molar refractivity (Wildman–Crippen MR) is 43.9 cm³/mol. The Bertz CT molecular complexity index is 371. The zero-order valence-corrected chi connectivity index (χ0v) is 7.03. The highest BCUT2D eigenvalue weighted by Gasteiger charge is 2.30. The Labute approximate surface area is 78.6 Å². The fourth-order valence-corrected chi connectivity index (χ4v) is 0.996. The Morgan fingerprint density at radius 1 is 1.29 bits per heavy atom. The van der Waals surface area contributed by atoms with Crippen LogP contribution in [-0.2, 0) is 12.6 Å². The van der Waals surface area contributed by atoms with E-state index in [4.69, 9.17) is 6.42 Å². The van der Waals surface area contributed by atoms with Gasteiger partial charge in [0, 0.05) is 12.0 Å². The molecule has 1 rings (SSSR count). The molecule has 0 aliphatic heterocycles. The Morgan fingerprint density at radius 3 is 2.43 bits per heavy atom. The molecule has 1 aromatic rings. The van der Waals surface area contributed by atoms with Crippen molar-refractivity contribution in [3.63, 3.8) is 0 Å². The third-order valence-corrected chi connectivity index (χ3v) is 1.67. The smallest absolute Gasteiger partial charge is 0.207 e. The zero-order valence-electron chi connectivity index (χ0n) is 7.03. The van der Waals surface area contributed by atoms with E-state index >= 15 is 0 Å². The normalized spacial score (nSPS) is 11.1. The molecule has 0 radical (unpaired) electrons. The van der Waals surface area contributed by atoms with Gasteiger partial charge in [0.15, 0.2) is 0 Å². The van der Waals surface area contributed by atoms with Gasteiger partial charge in [-0.05, 0) is 18.2 Å². The monoisotopic (exact) mass is 202 g/mol. The Kier molecular flexibility index (Phi) is 2.80. The minimum absolute atomic E-state index is 0.109. The molecule has 0 unspecified atom stereocenters. The summed E-state index contributed by atoms with van der Waals surface area (Å²) in [5.41, 5.74) is -0.994. The first-order valence-electron chi connectivity index (χ1n) is 3.74. The Morgan fingerprint density at radius 2 is 1.93 bits per heavy atom. The van der Waals surface area contributed by atoms with E-state index in [-0.39, 0.29) is 12.0 Å². The summed E-state index contributed by atoms with van der Waals surface area (Å²) in [6.45, 7) is 0. The lowest BCUT2D eigenvalue weighted by Crippen LogP contribution is -2.06. The molecular weight excluding hydrogens is 196 g/mol. The summed E-state index contributed by atoms with van der Waals surface area (Å²) in [5.74, 6) is 1.38. The molecule has 0 N–H and O–H groups in total. The molecule has 0 spiro atoms. The van der Waals surface area contributed by atoms with Gasteiger partial charge >= 0.3 is 6.18 Å². The maximum atomic E-state index is 12.9. The molecule has 0 amide bonds. The van der Waals surface area contributed by atoms with E-state index in [1.807, 2.05) is 0 Å². The van der Waals surface area contributed by atoms with Crippen LogP contribution in [0.15, 0.2) is 18.2 Å². The molecule has 0 aromatic heterocycles. The molecule has 0 bridgehead atoms. The summed E-state index contributed by atoms with van der Waals surface area (Å²) >= 11 is 0. The lowest BCUT2D eigenvalue weighted by atomic mass is 10.1. The third kappa shape index (κ3) is 2.25. The molecule has 0 nitrogen and oxygen atoms in total. The van der Waals surface area contributed by atoms with Crippen molar-refractivity contribution in [1.82, 2.24) is 0 Å². The highest BCUT2D eigenvalue weighted by Crippen LogP contribution is 2.30. The fraction of sp³-hybridized carbons (Fsp3) is 0.200. The molecule has 1 aromatic carbocycles. The van der Waals surface area contributed by atoms with Gasteiger partial charge in [0.2, 0.25) is 0 Å². The summed E-state index contributed by atoms with van der Waals surface area (Å²) in [6, 6.07) is 2.19. The van der Waals surface area contributed by atoms with E-state index in [0.29, 0.717) is 6.07 Å². The second-order valence-corrected chi connectivity index (χ2v) is 2.68. The van der Waals surface area contributed by atoms with Crippen molar-refractivity contribution in [2.24, 2.45) is 0 Å². The van der Waals surface area contributed by atoms with E-state index in [9.17, 15) is 17.6 Å². The van der Waals surface area contributed by atoms with Crippen molar-refractivity contribution in [2.75, 3.05) is 0 Å². The minimum atomic E-state index is -4.46. The molecule has 0 saturated heterocycles. The van der Waals surface area contributed by atoms with E-state index in [0.717, 1.165) is 12.1 Å². The molecule has 0 fully saturated rings. The van der Waals surface area contributed by atoms with Crippen molar-refractivity contribution in [1.29, 1.82) is 0 Å². The van der Waals surface area contributed by atoms with Gasteiger partial charge in [-0.1, -0.05) is 0 Å². The largest absolute Gasteiger partial charge is 0.416 e. The second kappa shape index (κ2) is 3.70. The molecule has 0 aliphatic rings. The van der Waals surface area contributed by atoms with Gasteiger partial charge < -0.3 is 0 Å². The van der Waals surface area contributed by atoms with Crippen LogP contribution in [0, 0.1) is 18.2 Å². The number of rotatable bonds is 1. The van der Waals surface area contributed by atoms with E-state index in [1.54, 1.807) is 0 Å². The van der Waals surface area contributed by atoms with Crippen molar-refractivity contribution in [2.45, 2.75) is 12.6 Å². The van der Waals surface area contributed by atoms with Crippen molar-refractivity contribution in [3.05, 3.63) is 35.1 Å². The minimum Gasteiger partial charge on any atom is -0.207 e. The number of halogens is 4. The van der Waals surface area contributed by atoms with Crippen LogP contribution < -0.4 is 0 Å². The maximum absolute atomic E-state index is 12.9. The van der Waals surface area contributed by atoms with Gasteiger partial charge in [-0.3, -0.25) is 0 Å². The van der Waals surface area contributed by atoms with Crippen LogP contribution in [0.25, 0.3) is 0 Å². The van der Waals surface area contributed by atoms with Crippen LogP contribution in [0.1, 0.15) is 11.1 Å². The van der Waals surface area contributed by atoms with Gasteiger partial charge in [-0.15, -0.1) is 12.3 Å². The Balaban J connectivity index is 3.14. The first-order valence-corrected chi connectivity index (χ1v) is 3.74. The van der Waals surface area contributed by atoms with E-state index in [1.165, 1.54) is 0 Å². The fourth-order valence-electron chi connectivity index (χ4n) is 0.996. The van der Waals surface area contributed by atoms with Crippen LogP contribution in [-0.4, -0.2) is 0 Å². The number of alkyl halides is 3. The molecule has 0 saturated carbocycles. The van der Waals surface area contributed by atoms with Gasteiger partial charge in [-0.2, -0.15) is 13.2 Å². The molecular formula is C10H6F4. The predicted octanol–water partition coefficient (Wildman–Crippen LogP) is 3.02. The first-order chi connectivity index (χ1) is 6.45. The van der Waals surface area contributed by atoms with E-state index < -0.39 is 17.6 Å². The average Bonchev–Trinajstić information content (AvgIpc) is 2.07.